The van der Waals surface area contributed by atoms with Crippen molar-refractivity contribution in [1.29, 1.82) is 0 Å². The lowest BCUT2D eigenvalue weighted by molar-refractivity contribution is 0.300. The van der Waals surface area contributed by atoms with E-state index >= 15 is 0 Å². The first-order valence-electron chi connectivity index (χ1n) is 7.59. The molecule has 3 rings (SSSR count). The van der Waals surface area contributed by atoms with Gasteiger partial charge in [-0.05, 0) is 37.7 Å². The maximum atomic E-state index is 5.70. The van der Waals surface area contributed by atoms with Gasteiger partial charge < -0.3 is 15.0 Å². The number of aromatic nitrogens is 1. The Bertz CT molecular complexity index is 604. The zero-order valence-corrected chi connectivity index (χ0v) is 13.7. The third kappa shape index (κ3) is 3.20. The molecule has 1 aromatic heterocycles. The molecule has 2 N–H and O–H groups in total. The number of rotatable bonds is 1. The van der Waals surface area contributed by atoms with Crippen LogP contribution in [0.2, 0.25) is 0 Å². The van der Waals surface area contributed by atoms with Gasteiger partial charge in [-0.15, -0.1) is 0 Å². The van der Waals surface area contributed by atoms with E-state index < -0.39 is 0 Å². The molecule has 0 aromatic carbocycles. The molecule has 0 aliphatic carbocycles. The summed E-state index contributed by atoms with van der Waals surface area (Å²) in [5, 5.41) is 8.55. The van der Waals surface area contributed by atoms with Crippen molar-refractivity contribution in [1.82, 2.24) is 20.6 Å². The Hall–Kier alpha value is -1.73. The van der Waals surface area contributed by atoms with Crippen LogP contribution in [0.25, 0.3) is 0 Å². The summed E-state index contributed by atoms with van der Waals surface area (Å²) >= 11 is 5.45. The molecule has 1 atom stereocenters. The number of nitrogens with zero attached hydrogens (tertiary/aromatic N) is 3. The highest BCUT2D eigenvalue weighted by atomic mass is 32.1. The SMILES string of the molecule is Cc1ccnc2c1OCC/C2=N/NC(=S)N1CCNC(C)C1. The number of nitrogens with one attached hydrogen (secondary N) is 2. The molecule has 1 unspecified atom stereocenters. The van der Waals surface area contributed by atoms with Crippen molar-refractivity contribution in [3.05, 3.63) is 23.5 Å². The number of piperazine rings is 1. The topological polar surface area (TPSA) is 61.8 Å². The Morgan fingerprint density at radius 3 is 3.27 bits per heavy atom. The first kappa shape index (κ1) is 15.2. The molecule has 0 amide bonds. The summed E-state index contributed by atoms with van der Waals surface area (Å²) in [7, 11) is 0. The van der Waals surface area contributed by atoms with Gasteiger partial charge in [0, 0.05) is 38.3 Å². The fourth-order valence-electron chi connectivity index (χ4n) is 2.71. The number of fused-ring (bicyclic) bond motifs is 1. The van der Waals surface area contributed by atoms with Crippen LogP contribution in [0.1, 0.15) is 24.6 Å². The third-order valence-electron chi connectivity index (χ3n) is 3.90. The van der Waals surface area contributed by atoms with E-state index in [2.05, 4.69) is 32.7 Å². The normalized spacial score (nSPS) is 22.9. The smallest absolute Gasteiger partial charge is 0.189 e. The summed E-state index contributed by atoms with van der Waals surface area (Å²) < 4.78 is 5.70. The molecule has 7 heteroatoms. The Balaban J connectivity index is 1.71. The number of ether oxygens (including phenoxy) is 1. The second-order valence-electron chi connectivity index (χ2n) is 5.68. The summed E-state index contributed by atoms with van der Waals surface area (Å²) in [5.74, 6) is 0.830. The van der Waals surface area contributed by atoms with Crippen molar-refractivity contribution in [2.24, 2.45) is 5.10 Å². The highest BCUT2D eigenvalue weighted by Crippen LogP contribution is 2.26. The van der Waals surface area contributed by atoms with E-state index in [1.165, 1.54) is 0 Å². The van der Waals surface area contributed by atoms with Crippen LogP contribution in [0.15, 0.2) is 17.4 Å². The average Bonchev–Trinajstić information content (AvgIpc) is 2.53. The van der Waals surface area contributed by atoms with Gasteiger partial charge >= 0.3 is 0 Å². The van der Waals surface area contributed by atoms with Gasteiger partial charge in [0.2, 0.25) is 0 Å². The van der Waals surface area contributed by atoms with Crippen molar-refractivity contribution in [3.63, 3.8) is 0 Å². The lowest BCUT2D eigenvalue weighted by Gasteiger charge is -2.33. The molecule has 1 saturated heterocycles. The summed E-state index contributed by atoms with van der Waals surface area (Å²) in [4.78, 5) is 6.54. The number of hydrogen-bond acceptors (Lipinski definition) is 5. The minimum absolute atomic E-state index is 0.439. The van der Waals surface area contributed by atoms with E-state index in [4.69, 9.17) is 17.0 Å². The van der Waals surface area contributed by atoms with Crippen LogP contribution >= 0.6 is 12.2 Å². The third-order valence-corrected chi connectivity index (χ3v) is 4.25. The van der Waals surface area contributed by atoms with Crippen LogP contribution in [0.4, 0.5) is 0 Å². The summed E-state index contributed by atoms with van der Waals surface area (Å²) in [6.07, 6.45) is 2.52. The van der Waals surface area contributed by atoms with Gasteiger partial charge in [0.15, 0.2) is 5.11 Å². The zero-order valence-electron chi connectivity index (χ0n) is 12.9. The monoisotopic (exact) mass is 319 g/mol. The van der Waals surface area contributed by atoms with Crippen molar-refractivity contribution < 1.29 is 4.74 Å². The minimum atomic E-state index is 0.439. The van der Waals surface area contributed by atoms with E-state index in [0.29, 0.717) is 17.8 Å². The molecule has 2 aliphatic heterocycles. The van der Waals surface area contributed by atoms with E-state index in [-0.39, 0.29) is 0 Å². The molecule has 118 valence electrons. The second-order valence-corrected chi connectivity index (χ2v) is 6.07. The number of hydrazone groups is 1. The molecule has 6 nitrogen and oxygen atoms in total. The van der Waals surface area contributed by atoms with E-state index in [1.807, 2.05) is 13.0 Å². The van der Waals surface area contributed by atoms with Gasteiger partial charge in [0.05, 0.1) is 12.3 Å². The lowest BCUT2D eigenvalue weighted by Crippen LogP contribution is -2.53. The van der Waals surface area contributed by atoms with E-state index in [1.54, 1.807) is 6.20 Å². The average molecular weight is 319 g/mol. The summed E-state index contributed by atoms with van der Waals surface area (Å²) in [6, 6.07) is 2.39. The number of aryl methyl sites for hydroxylation is 1. The number of hydrogen-bond donors (Lipinski definition) is 2. The molecule has 0 saturated carbocycles. The first-order valence-corrected chi connectivity index (χ1v) is 7.99. The highest BCUT2D eigenvalue weighted by molar-refractivity contribution is 7.80. The molecule has 3 heterocycles. The molecular weight excluding hydrogens is 298 g/mol. The highest BCUT2D eigenvalue weighted by Gasteiger charge is 2.21. The first-order chi connectivity index (χ1) is 10.6. The number of pyridine rings is 1. The summed E-state index contributed by atoms with van der Waals surface area (Å²) in [5.41, 5.74) is 5.82. The quantitative estimate of drug-likeness (QED) is 0.596. The predicted octanol–water partition coefficient (Wildman–Crippen LogP) is 1.04. The predicted molar refractivity (Wildman–Crippen MR) is 90.4 cm³/mol. The molecule has 0 bridgehead atoms. The van der Waals surface area contributed by atoms with Gasteiger partial charge in [0.1, 0.15) is 11.4 Å². The van der Waals surface area contributed by atoms with Gasteiger partial charge in [-0.3, -0.25) is 10.4 Å². The molecule has 1 fully saturated rings. The Kier molecular flexibility index (Phi) is 4.54. The van der Waals surface area contributed by atoms with Crippen LogP contribution in [-0.2, 0) is 0 Å². The molecule has 0 spiro atoms. The standard InChI is InChI=1S/C15H21N5OS/c1-10-3-5-17-13-12(4-8-21-14(10)13)18-19-15(22)20-7-6-16-11(2)9-20/h3,5,11,16H,4,6-9H2,1-2H3,(H,19,22)/b18-12-. The molecular formula is C15H21N5OS. The van der Waals surface area contributed by atoms with Crippen LogP contribution < -0.4 is 15.5 Å². The van der Waals surface area contributed by atoms with Gasteiger partial charge in [0.25, 0.3) is 0 Å². The van der Waals surface area contributed by atoms with Crippen molar-refractivity contribution in [2.75, 3.05) is 26.2 Å². The molecule has 1 aromatic rings. The minimum Gasteiger partial charge on any atom is -0.491 e. The summed E-state index contributed by atoms with van der Waals surface area (Å²) in [6.45, 7) is 7.53. The van der Waals surface area contributed by atoms with Crippen LogP contribution in [0, 0.1) is 6.92 Å². The Labute approximate surface area is 135 Å². The van der Waals surface area contributed by atoms with Crippen molar-refractivity contribution >= 4 is 23.0 Å². The zero-order chi connectivity index (χ0) is 15.5. The molecule has 2 aliphatic rings. The van der Waals surface area contributed by atoms with Gasteiger partial charge in [-0.2, -0.15) is 5.10 Å². The fraction of sp³-hybridized carbons (Fsp3) is 0.533. The lowest BCUT2D eigenvalue weighted by atomic mass is 10.1. The molecule has 0 radical (unpaired) electrons. The van der Waals surface area contributed by atoms with Crippen molar-refractivity contribution in [2.45, 2.75) is 26.3 Å². The fourth-order valence-corrected chi connectivity index (χ4v) is 2.92. The largest absolute Gasteiger partial charge is 0.491 e. The van der Waals surface area contributed by atoms with Crippen LogP contribution in [0.5, 0.6) is 5.75 Å². The van der Waals surface area contributed by atoms with E-state index in [0.717, 1.165) is 48.8 Å². The van der Waals surface area contributed by atoms with Crippen LogP contribution in [0.3, 0.4) is 0 Å². The van der Waals surface area contributed by atoms with Gasteiger partial charge in [-0.1, -0.05) is 0 Å². The Morgan fingerprint density at radius 2 is 2.45 bits per heavy atom. The van der Waals surface area contributed by atoms with Crippen molar-refractivity contribution in [3.8, 4) is 5.75 Å². The van der Waals surface area contributed by atoms with Crippen LogP contribution in [-0.4, -0.2) is 53.0 Å². The van der Waals surface area contributed by atoms with Gasteiger partial charge in [-0.25, -0.2) is 0 Å². The Morgan fingerprint density at radius 1 is 1.59 bits per heavy atom. The molecule has 22 heavy (non-hydrogen) atoms. The maximum absolute atomic E-state index is 5.70. The van der Waals surface area contributed by atoms with E-state index in [9.17, 15) is 0 Å². The number of thiocarbonyl (C=S) groups is 1. The second kappa shape index (κ2) is 6.58. The maximum Gasteiger partial charge on any atom is 0.189 e.